The molecule has 16 heavy (non-hydrogen) atoms. The summed E-state index contributed by atoms with van der Waals surface area (Å²) in [6.45, 7) is 4.08. The van der Waals surface area contributed by atoms with Crippen molar-refractivity contribution in [1.82, 2.24) is 9.78 Å². The maximum atomic E-state index is 13.5. The first-order chi connectivity index (χ1) is 7.66. The minimum Gasteiger partial charge on any atom is -0.380 e. The average Bonchev–Trinajstić information content (AvgIpc) is 2.66. The van der Waals surface area contributed by atoms with Gasteiger partial charge in [0.2, 0.25) is 0 Å². The molecule has 1 N–H and O–H groups in total. The molecule has 84 valence electrons. The van der Waals surface area contributed by atoms with E-state index in [1.54, 1.807) is 30.6 Å². The van der Waals surface area contributed by atoms with Gasteiger partial charge in [-0.05, 0) is 26.0 Å². The summed E-state index contributed by atoms with van der Waals surface area (Å²) in [6.07, 6.45) is 3.46. The van der Waals surface area contributed by atoms with E-state index < -0.39 is 0 Å². The molecule has 0 aliphatic carbocycles. The van der Waals surface area contributed by atoms with E-state index in [0.29, 0.717) is 11.7 Å². The lowest BCUT2D eigenvalue weighted by atomic mass is 10.3. The number of hydrogen-bond donors (Lipinski definition) is 1. The third-order valence-electron chi connectivity index (χ3n) is 2.14. The van der Waals surface area contributed by atoms with Gasteiger partial charge in [0, 0.05) is 6.04 Å². The molecule has 2 aromatic rings. The van der Waals surface area contributed by atoms with E-state index in [2.05, 4.69) is 10.4 Å². The summed E-state index contributed by atoms with van der Waals surface area (Å²) in [4.78, 5) is 0. The van der Waals surface area contributed by atoms with Gasteiger partial charge in [0.1, 0.15) is 11.5 Å². The monoisotopic (exact) mass is 219 g/mol. The first-order valence-electron chi connectivity index (χ1n) is 5.23. The van der Waals surface area contributed by atoms with Gasteiger partial charge in [-0.3, -0.25) is 0 Å². The first kappa shape index (κ1) is 10.7. The fourth-order valence-corrected chi connectivity index (χ4v) is 1.50. The Labute approximate surface area is 93.9 Å². The van der Waals surface area contributed by atoms with E-state index in [4.69, 9.17) is 0 Å². The molecule has 1 aromatic heterocycles. The van der Waals surface area contributed by atoms with Crippen LogP contribution in [0.25, 0.3) is 5.69 Å². The smallest absolute Gasteiger partial charge is 0.148 e. The van der Waals surface area contributed by atoms with Gasteiger partial charge in [0.15, 0.2) is 0 Å². The Morgan fingerprint density at radius 2 is 2.06 bits per heavy atom. The van der Waals surface area contributed by atoms with Crippen LogP contribution in [0.4, 0.5) is 10.1 Å². The summed E-state index contributed by atoms with van der Waals surface area (Å²) in [7, 11) is 0. The Kier molecular flexibility index (Phi) is 2.90. The molecule has 0 spiro atoms. The number of nitrogens with zero attached hydrogens (tertiary/aromatic N) is 2. The number of benzene rings is 1. The predicted molar refractivity (Wildman–Crippen MR) is 62.3 cm³/mol. The minimum atomic E-state index is -0.276. The maximum absolute atomic E-state index is 13.5. The Hall–Kier alpha value is -1.84. The molecule has 0 amide bonds. The molecule has 0 aliphatic heterocycles. The van der Waals surface area contributed by atoms with Crippen molar-refractivity contribution >= 4 is 5.69 Å². The van der Waals surface area contributed by atoms with E-state index >= 15 is 0 Å². The molecular formula is C12H14FN3. The number of para-hydroxylation sites is 1. The van der Waals surface area contributed by atoms with Crippen molar-refractivity contribution in [3.05, 3.63) is 42.5 Å². The van der Waals surface area contributed by atoms with Gasteiger partial charge in [0.25, 0.3) is 0 Å². The largest absolute Gasteiger partial charge is 0.380 e. The van der Waals surface area contributed by atoms with Gasteiger partial charge >= 0.3 is 0 Å². The quantitative estimate of drug-likeness (QED) is 0.860. The summed E-state index contributed by atoms with van der Waals surface area (Å²) in [6, 6.07) is 6.90. The molecule has 0 fully saturated rings. The number of nitrogens with one attached hydrogen (secondary N) is 1. The summed E-state index contributed by atoms with van der Waals surface area (Å²) >= 11 is 0. The van der Waals surface area contributed by atoms with Gasteiger partial charge in [-0.15, -0.1) is 0 Å². The molecule has 1 aromatic carbocycles. The molecule has 1 heterocycles. The second kappa shape index (κ2) is 4.35. The van der Waals surface area contributed by atoms with Crippen molar-refractivity contribution in [1.29, 1.82) is 0 Å². The Bertz CT molecular complexity index is 477. The maximum Gasteiger partial charge on any atom is 0.148 e. The van der Waals surface area contributed by atoms with Crippen molar-refractivity contribution in [2.24, 2.45) is 0 Å². The number of rotatable bonds is 3. The normalized spacial score (nSPS) is 10.8. The molecule has 0 atom stereocenters. The van der Waals surface area contributed by atoms with Crippen LogP contribution in [-0.4, -0.2) is 15.8 Å². The van der Waals surface area contributed by atoms with Crippen LogP contribution in [-0.2, 0) is 0 Å². The van der Waals surface area contributed by atoms with Crippen LogP contribution in [0.1, 0.15) is 13.8 Å². The third kappa shape index (κ3) is 2.21. The number of hydrogen-bond acceptors (Lipinski definition) is 2. The van der Waals surface area contributed by atoms with Gasteiger partial charge in [0.05, 0.1) is 18.1 Å². The Morgan fingerprint density at radius 3 is 2.75 bits per heavy atom. The molecule has 0 radical (unpaired) electrons. The molecule has 0 bridgehead atoms. The van der Waals surface area contributed by atoms with Gasteiger partial charge in [-0.2, -0.15) is 5.10 Å². The minimum absolute atomic E-state index is 0.276. The van der Waals surface area contributed by atoms with E-state index in [1.807, 2.05) is 13.8 Å². The fourth-order valence-electron chi connectivity index (χ4n) is 1.50. The SMILES string of the molecule is CC(C)Nc1cnn(-c2ccccc2F)c1. The van der Waals surface area contributed by atoms with E-state index in [1.165, 1.54) is 10.7 Å². The zero-order valence-electron chi connectivity index (χ0n) is 9.31. The molecule has 0 saturated heterocycles. The first-order valence-corrected chi connectivity index (χ1v) is 5.23. The Balaban J connectivity index is 2.28. The highest BCUT2D eigenvalue weighted by Crippen LogP contribution is 2.15. The molecule has 0 aliphatic rings. The molecule has 4 heteroatoms. The van der Waals surface area contributed by atoms with Gasteiger partial charge < -0.3 is 5.32 Å². The lowest BCUT2D eigenvalue weighted by molar-refractivity contribution is 0.611. The highest BCUT2D eigenvalue weighted by Gasteiger charge is 2.05. The summed E-state index contributed by atoms with van der Waals surface area (Å²) < 4.78 is 15.0. The summed E-state index contributed by atoms with van der Waals surface area (Å²) in [5.41, 5.74) is 1.34. The number of aromatic nitrogens is 2. The summed E-state index contributed by atoms with van der Waals surface area (Å²) in [5, 5.41) is 7.32. The zero-order chi connectivity index (χ0) is 11.5. The van der Waals surface area contributed by atoms with Crippen LogP contribution < -0.4 is 5.32 Å². The second-order valence-electron chi connectivity index (χ2n) is 3.92. The van der Waals surface area contributed by atoms with Crippen LogP contribution in [0.15, 0.2) is 36.7 Å². The van der Waals surface area contributed by atoms with Crippen LogP contribution >= 0.6 is 0 Å². The number of halogens is 1. The molecule has 0 saturated carbocycles. The lowest BCUT2D eigenvalue weighted by Crippen LogP contribution is -2.08. The highest BCUT2D eigenvalue weighted by atomic mass is 19.1. The van der Waals surface area contributed by atoms with Crippen molar-refractivity contribution in [3.8, 4) is 5.69 Å². The topological polar surface area (TPSA) is 29.9 Å². The standard InChI is InChI=1S/C12H14FN3/c1-9(2)15-10-7-14-16(8-10)12-6-4-3-5-11(12)13/h3-9,15H,1-2H3. The lowest BCUT2D eigenvalue weighted by Gasteiger charge is -2.06. The van der Waals surface area contributed by atoms with Gasteiger partial charge in [-0.1, -0.05) is 12.1 Å². The fraction of sp³-hybridized carbons (Fsp3) is 0.250. The third-order valence-corrected chi connectivity index (χ3v) is 2.14. The van der Waals surface area contributed by atoms with Crippen molar-refractivity contribution in [2.45, 2.75) is 19.9 Å². The molecule has 3 nitrogen and oxygen atoms in total. The van der Waals surface area contributed by atoms with E-state index in [-0.39, 0.29) is 5.82 Å². The highest BCUT2D eigenvalue weighted by molar-refractivity contribution is 5.43. The second-order valence-corrected chi connectivity index (χ2v) is 3.92. The predicted octanol–water partition coefficient (Wildman–Crippen LogP) is 2.83. The zero-order valence-corrected chi connectivity index (χ0v) is 9.31. The molecule has 0 unspecified atom stereocenters. The summed E-state index contributed by atoms with van der Waals surface area (Å²) in [5.74, 6) is -0.276. The molecular weight excluding hydrogens is 205 g/mol. The van der Waals surface area contributed by atoms with Crippen LogP contribution in [0, 0.1) is 5.82 Å². The van der Waals surface area contributed by atoms with E-state index in [0.717, 1.165) is 5.69 Å². The van der Waals surface area contributed by atoms with Crippen LogP contribution in [0.2, 0.25) is 0 Å². The number of anilines is 1. The van der Waals surface area contributed by atoms with Gasteiger partial charge in [-0.25, -0.2) is 9.07 Å². The van der Waals surface area contributed by atoms with Crippen molar-refractivity contribution < 1.29 is 4.39 Å². The van der Waals surface area contributed by atoms with Crippen molar-refractivity contribution in [3.63, 3.8) is 0 Å². The Morgan fingerprint density at radius 1 is 1.31 bits per heavy atom. The average molecular weight is 219 g/mol. The van der Waals surface area contributed by atoms with Crippen LogP contribution in [0.3, 0.4) is 0 Å². The van der Waals surface area contributed by atoms with E-state index in [9.17, 15) is 4.39 Å². The van der Waals surface area contributed by atoms with Crippen molar-refractivity contribution in [2.75, 3.05) is 5.32 Å². The van der Waals surface area contributed by atoms with Crippen LogP contribution in [0.5, 0.6) is 0 Å². The molecule has 2 rings (SSSR count).